The molecule has 1 amide bonds. The third-order valence-electron chi connectivity index (χ3n) is 4.47. The van der Waals surface area contributed by atoms with Gasteiger partial charge in [-0.25, -0.2) is 4.99 Å². The molecule has 152 valence electrons. The van der Waals surface area contributed by atoms with Crippen LogP contribution in [0.5, 0.6) is 0 Å². The molecule has 0 saturated carbocycles. The number of halogens is 1. The summed E-state index contributed by atoms with van der Waals surface area (Å²) in [5, 5.41) is 16.9. The minimum absolute atomic E-state index is 0.0193. The van der Waals surface area contributed by atoms with Crippen LogP contribution >= 0.6 is 11.6 Å². The third-order valence-corrected chi connectivity index (χ3v) is 4.72. The second-order valence-corrected chi connectivity index (χ2v) is 7.03. The molecular weight excluding hydrogens is 416 g/mol. The molecule has 1 aliphatic heterocycles. The first-order valence-electron chi connectivity index (χ1n) is 9.25. The SMILES string of the molecule is O=C1/C(=C/c2ccc(Cl)cc2)N=C(c2ccccc2)N1/N=C/c1ccc([N+](=O)[O-])cc1. The molecule has 1 aliphatic rings. The highest BCUT2D eigenvalue weighted by atomic mass is 35.5. The Morgan fingerprint density at radius 3 is 2.23 bits per heavy atom. The Morgan fingerprint density at radius 2 is 1.58 bits per heavy atom. The van der Waals surface area contributed by atoms with E-state index in [1.54, 1.807) is 42.5 Å². The van der Waals surface area contributed by atoms with Crippen molar-refractivity contribution in [3.63, 3.8) is 0 Å². The molecule has 0 bridgehead atoms. The summed E-state index contributed by atoms with van der Waals surface area (Å²) in [6, 6.07) is 22.2. The van der Waals surface area contributed by atoms with Gasteiger partial charge in [0.05, 0.1) is 11.1 Å². The smallest absolute Gasteiger partial charge is 0.265 e. The van der Waals surface area contributed by atoms with E-state index in [4.69, 9.17) is 11.6 Å². The van der Waals surface area contributed by atoms with Gasteiger partial charge in [-0.05, 0) is 41.5 Å². The fourth-order valence-corrected chi connectivity index (χ4v) is 3.04. The molecule has 7 nitrogen and oxygen atoms in total. The number of non-ortho nitro benzene ring substituents is 1. The molecule has 3 aromatic rings. The Balaban J connectivity index is 1.68. The van der Waals surface area contributed by atoms with Crippen molar-refractivity contribution in [3.05, 3.63) is 116 Å². The van der Waals surface area contributed by atoms with E-state index in [0.717, 1.165) is 11.1 Å². The van der Waals surface area contributed by atoms with Gasteiger partial charge in [-0.15, -0.1) is 0 Å². The summed E-state index contributed by atoms with van der Waals surface area (Å²) in [6.07, 6.45) is 3.13. The average molecular weight is 431 g/mol. The Labute approximate surface area is 182 Å². The molecule has 0 saturated heterocycles. The topological polar surface area (TPSA) is 88.2 Å². The molecule has 0 radical (unpaired) electrons. The summed E-state index contributed by atoms with van der Waals surface area (Å²) in [5.41, 5.74) is 2.35. The molecular formula is C23H15ClN4O3. The van der Waals surface area contributed by atoms with Crippen molar-refractivity contribution in [2.24, 2.45) is 10.1 Å². The number of benzene rings is 3. The zero-order valence-electron chi connectivity index (χ0n) is 16.1. The van der Waals surface area contributed by atoms with Crippen molar-refractivity contribution in [2.45, 2.75) is 0 Å². The van der Waals surface area contributed by atoms with E-state index in [-0.39, 0.29) is 17.3 Å². The van der Waals surface area contributed by atoms with E-state index in [0.29, 0.717) is 16.4 Å². The van der Waals surface area contributed by atoms with Crippen LogP contribution in [0.2, 0.25) is 5.02 Å². The van der Waals surface area contributed by atoms with Crippen molar-refractivity contribution in [3.8, 4) is 0 Å². The van der Waals surface area contributed by atoms with Crippen LogP contribution in [0.25, 0.3) is 6.08 Å². The molecule has 0 unspecified atom stereocenters. The van der Waals surface area contributed by atoms with Gasteiger partial charge in [-0.3, -0.25) is 14.9 Å². The maximum absolute atomic E-state index is 13.0. The first-order chi connectivity index (χ1) is 15.0. The predicted molar refractivity (Wildman–Crippen MR) is 120 cm³/mol. The molecule has 1 heterocycles. The second-order valence-electron chi connectivity index (χ2n) is 6.59. The number of nitro groups is 1. The Hall–Kier alpha value is -4.10. The summed E-state index contributed by atoms with van der Waals surface area (Å²) in [6.45, 7) is 0. The molecule has 0 atom stereocenters. The van der Waals surface area contributed by atoms with Crippen molar-refractivity contribution in [2.75, 3.05) is 0 Å². The van der Waals surface area contributed by atoms with Crippen LogP contribution in [0.4, 0.5) is 5.69 Å². The van der Waals surface area contributed by atoms with Crippen molar-refractivity contribution in [1.82, 2.24) is 5.01 Å². The number of amides is 1. The van der Waals surface area contributed by atoms with E-state index in [2.05, 4.69) is 10.1 Å². The first-order valence-corrected chi connectivity index (χ1v) is 9.63. The van der Waals surface area contributed by atoms with Gasteiger partial charge in [0.2, 0.25) is 0 Å². The fourth-order valence-electron chi connectivity index (χ4n) is 2.91. The first kappa shape index (κ1) is 20.2. The molecule has 0 aliphatic carbocycles. The minimum atomic E-state index is -0.473. The van der Waals surface area contributed by atoms with Gasteiger partial charge >= 0.3 is 0 Å². The lowest BCUT2D eigenvalue weighted by Crippen LogP contribution is -2.27. The van der Waals surface area contributed by atoms with Crippen LogP contribution in [0.1, 0.15) is 16.7 Å². The van der Waals surface area contributed by atoms with Gasteiger partial charge in [-0.1, -0.05) is 54.1 Å². The van der Waals surface area contributed by atoms with E-state index >= 15 is 0 Å². The normalized spacial score (nSPS) is 15.0. The number of rotatable bonds is 5. The zero-order chi connectivity index (χ0) is 21.8. The summed E-state index contributed by atoms with van der Waals surface area (Å²) in [7, 11) is 0. The molecule has 31 heavy (non-hydrogen) atoms. The molecule has 0 fully saturated rings. The lowest BCUT2D eigenvalue weighted by atomic mass is 10.2. The molecule has 0 spiro atoms. The van der Waals surface area contributed by atoms with Gasteiger partial charge in [-0.2, -0.15) is 10.1 Å². The van der Waals surface area contributed by atoms with Gasteiger partial charge in [0.1, 0.15) is 5.70 Å². The number of amidine groups is 1. The van der Waals surface area contributed by atoms with E-state index in [9.17, 15) is 14.9 Å². The lowest BCUT2D eigenvalue weighted by Gasteiger charge is -2.11. The summed E-state index contributed by atoms with van der Waals surface area (Å²) in [4.78, 5) is 27.9. The summed E-state index contributed by atoms with van der Waals surface area (Å²) >= 11 is 5.93. The number of nitro benzene ring substituents is 1. The van der Waals surface area contributed by atoms with Gasteiger partial charge in [0.25, 0.3) is 11.6 Å². The summed E-state index contributed by atoms with van der Waals surface area (Å²) < 4.78 is 0. The summed E-state index contributed by atoms with van der Waals surface area (Å²) in [5.74, 6) is 0.0101. The highest BCUT2D eigenvalue weighted by molar-refractivity contribution is 6.30. The number of aliphatic imine (C=N–C) groups is 1. The van der Waals surface area contributed by atoms with E-state index in [1.807, 2.05) is 30.3 Å². The van der Waals surface area contributed by atoms with E-state index in [1.165, 1.54) is 23.4 Å². The van der Waals surface area contributed by atoms with Crippen molar-refractivity contribution < 1.29 is 9.72 Å². The standard InChI is InChI=1S/C23H15ClN4O3/c24-19-10-6-16(7-11-19)14-21-23(29)27(22(26-21)18-4-2-1-3-5-18)25-15-17-8-12-20(13-9-17)28(30)31/h1-15H/b21-14-,25-15+. The van der Waals surface area contributed by atoms with Crippen LogP contribution in [0.15, 0.2) is 94.7 Å². The average Bonchev–Trinajstić information content (AvgIpc) is 3.10. The maximum Gasteiger partial charge on any atom is 0.298 e. The monoisotopic (exact) mass is 430 g/mol. The highest BCUT2D eigenvalue weighted by Crippen LogP contribution is 2.23. The number of hydrogen-bond acceptors (Lipinski definition) is 5. The number of hydrogen-bond donors (Lipinski definition) is 0. The number of nitrogens with zero attached hydrogens (tertiary/aromatic N) is 4. The molecule has 3 aromatic carbocycles. The van der Waals surface area contributed by atoms with Crippen LogP contribution in [-0.4, -0.2) is 27.9 Å². The number of carbonyl (C=O) groups excluding carboxylic acids is 1. The predicted octanol–water partition coefficient (Wildman–Crippen LogP) is 4.91. The number of hydrazone groups is 1. The minimum Gasteiger partial charge on any atom is -0.265 e. The Morgan fingerprint density at radius 1 is 0.935 bits per heavy atom. The largest absolute Gasteiger partial charge is 0.298 e. The fraction of sp³-hybridized carbons (Fsp3) is 0. The molecule has 0 N–H and O–H groups in total. The van der Waals surface area contributed by atoms with Gasteiger partial charge in [0, 0.05) is 22.7 Å². The van der Waals surface area contributed by atoms with Crippen molar-refractivity contribution >= 4 is 41.3 Å². The second kappa shape index (κ2) is 8.73. The van der Waals surface area contributed by atoms with Crippen LogP contribution in [0.3, 0.4) is 0 Å². The van der Waals surface area contributed by atoms with Crippen LogP contribution < -0.4 is 0 Å². The lowest BCUT2D eigenvalue weighted by molar-refractivity contribution is -0.384. The quantitative estimate of drug-likeness (QED) is 0.249. The molecule has 8 heteroatoms. The third kappa shape index (κ3) is 4.57. The van der Waals surface area contributed by atoms with Gasteiger partial charge < -0.3 is 0 Å². The van der Waals surface area contributed by atoms with Gasteiger partial charge in [0.15, 0.2) is 5.84 Å². The Kier molecular flexibility index (Phi) is 5.68. The van der Waals surface area contributed by atoms with Crippen LogP contribution in [0, 0.1) is 10.1 Å². The highest BCUT2D eigenvalue weighted by Gasteiger charge is 2.31. The number of carbonyl (C=O) groups is 1. The molecule has 0 aromatic heterocycles. The van der Waals surface area contributed by atoms with E-state index < -0.39 is 4.92 Å². The van der Waals surface area contributed by atoms with Crippen LogP contribution in [-0.2, 0) is 4.79 Å². The van der Waals surface area contributed by atoms with Crippen molar-refractivity contribution in [1.29, 1.82) is 0 Å². The maximum atomic E-state index is 13.0. The zero-order valence-corrected chi connectivity index (χ0v) is 16.8. The Bertz CT molecular complexity index is 1220. The molecule has 4 rings (SSSR count).